The standard InChI is InChI=1S/C23H46N6O9/c1-2-28-7-9-3-4-10(25)20(36-9)15-11(26)5-12(29-22(35)13(31)6-24)21(18(15)33)38-23-19(34)16(27)17(32)14(8-30)37-23/h9-21,23,28,30-34H,2-8,24-27H2,1H3,(H,29,35). The number of nitrogens with two attached hydrogens (primary N) is 4. The molecule has 1 amide bonds. The molecule has 0 aromatic rings. The van der Waals surface area contributed by atoms with E-state index in [0.717, 1.165) is 13.0 Å². The molecule has 0 aromatic heterocycles. The van der Waals surface area contributed by atoms with Gasteiger partial charge in [-0.05, 0) is 25.8 Å². The maximum atomic E-state index is 12.5. The van der Waals surface area contributed by atoms with Crippen molar-refractivity contribution in [2.24, 2.45) is 28.9 Å². The van der Waals surface area contributed by atoms with Crippen LogP contribution in [0.3, 0.4) is 0 Å². The SMILES string of the molecule is CCNCC1CCC(N)C(C2C(N)CC(NC(=O)C(O)CN)C(OC3OC(CO)C(O)C(N)C3O)C2O)O1. The number of hydrogen-bond acceptors (Lipinski definition) is 14. The highest BCUT2D eigenvalue weighted by molar-refractivity contribution is 5.81. The van der Waals surface area contributed by atoms with E-state index < -0.39 is 91.6 Å². The quantitative estimate of drug-likeness (QED) is 0.121. The summed E-state index contributed by atoms with van der Waals surface area (Å²) < 4.78 is 17.9. The van der Waals surface area contributed by atoms with Crippen LogP contribution in [0.5, 0.6) is 0 Å². The molecule has 1 aliphatic carbocycles. The summed E-state index contributed by atoms with van der Waals surface area (Å²) >= 11 is 0. The Morgan fingerprint density at radius 3 is 2.42 bits per heavy atom. The second-order valence-corrected chi connectivity index (χ2v) is 10.5. The van der Waals surface area contributed by atoms with E-state index in [-0.39, 0.29) is 19.1 Å². The Balaban J connectivity index is 1.86. The zero-order chi connectivity index (χ0) is 28.1. The number of rotatable bonds is 10. The maximum Gasteiger partial charge on any atom is 0.250 e. The molecule has 14 unspecified atom stereocenters. The second kappa shape index (κ2) is 14.0. The Kier molecular flexibility index (Phi) is 11.6. The van der Waals surface area contributed by atoms with E-state index in [1.165, 1.54) is 0 Å². The molecule has 222 valence electrons. The second-order valence-electron chi connectivity index (χ2n) is 10.5. The summed E-state index contributed by atoms with van der Waals surface area (Å²) in [6, 6.07) is -3.22. The first-order chi connectivity index (χ1) is 18.0. The van der Waals surface area contributed by atoms with Gasteiger partial charge in [-0.3, -0.25) is 4.79 Å². The fourth-order valence-electron chi connectivity index (χ4n) is 5.58. The molecule has 2 aliphatic heterocycles. The lowest BCUT2D eigenvalue weighted by Crippen LogP contribution is -2.69. The van der Waals surface area contributed by atoms with Gasteiger partial charge in [0.05, 0.1) is 37.0 Å². The number of carbonyl (C=O) groups excluding carboxylic acids is 1. The number of aliphatic hydroxyl groups is 5. The van der Waals surface area contributed by atoms with Gasteiger partial charge in [0, 0.05) is 31.1 Å². The van der Waals surface area contributed by atoms with E-state index in [4.69, 9.17) is 37.1 Å². The minimum Gasteiger partial charge on any atom is -0.394 e. The molecular formula is C23H46N6O9. The van der Waals surface area contributed by atoms with Crippen LogP contribution >= 0.6 is 0 Å². The number of nitrogens with one attached hydrogen (secondary N) is 2. The number of likely N-dealkylation sites (N-methyl/N-ethyl adjacent to an activating group) is 1. The van der Waals surface area contributed by atoms with Crippen molar-refractivity contribution in [1.29, 1.82) is 0 Å². The highest BCUT2D eigenvalue weighted by atomic mass is 16.7. The van der Waals surface area contributed by atoms with Gasteiger partial charge in [0.15, 0.2) is 6.29 Å². The van der Waals surface area contributed by atoms with E-state index in [2.05, 4.69) is 10.6 Å². The van der Waals surface area contributed by atoms with Crippen LogP contribution in [0.1, 0.15) is 26.2 Å². The Labute approximate surface area is 222 Å². The van der Waals surface area contributed by atoms with E-state index in [9.17, 15) is 30.3 Å². The van der Waals surface area contributed by atoms with Gasteiger partial charge in [-0.25, -0.2) is 0 Å². The third-order valence-electron chi connectivity index (χ3n) is 7.83. The Hall–Kier alpha value is -1.05. The molecule has 2 saturated heterocycles. The van der Waals surface area contributed by atoms with E-state index in [1.54, 1.807) is 0 Å². The number of aliphatic hydroxyl groups excluding tert-OH is 5. The summed E-state index contributed by atoms with van der Waals surface area (Å²) in [5, 5.41) is 57.8. The summed E-state index contributed by atoms with van der Waals surface area (Å²) in [5.74, 6) is -1.49. The minimum atomic E-state index is -1.52. The van der Waals surface area contributed by atoms with Crippen molar-refractivity contribution in [3.05, 3.63) is 0 Å². The number of amides is 1. The van der Waals surface area contributed by atoms with Crippen LogP contribution in [0.15, 0.2) is 0 Å². The molecule has 2 heterocycles. The summed E-state index contributed by atoms with van der Waals surface area (Å²) in [6.07, 6.45) is -8.79. The molecule has 15 nitrogen and oxygen atoms in total. The molecular weight excluding hydrogens is 504 g/mol. The maximum absolute atomic E-state index is 12.5. The van der Waals surface area contributed by atoms with Crippen LogP contribution in [-0.4, -0.2) is 137 Å². The third kappa shape index (κ3) is 6.98. The van der Waals surface area contributed by atoms with Gasteiger partial charge in [-0.15, -0.1) is 0 Å². The van der Waals surface area contributed by atoms with Crippen molar-refractivity contribution in [3.63, 3.8) is 0 Å². The zero-order valence-electron chi connectivity index (χ0n) is 21.7. The molecule has 0 aromatic carbocycles. The smallest absolute Gasteiger partial charge is 0.250 e. The predicted molar refractivity (Wildman–Crippen MR) is 134 cm³/mol. The van der Waals surface area contributed by atoms with Gasteiger partial charge in [-0.1, -0.05) is 6.92 Å². The highest BCUT2D eigenvalue weighted by Crippen LogP contribution is 2.36. The van der Waals surface area contributed by atoms with Crippen molar-refractivity contribution >= 4 is 5.91 Å². The lowest BCUT2D eigenvalue weighted by Gasteiger charge is -2.51. The van der Waals surface area contributed by atoms with Gasteiger partial charge < -0.3 is 73.3 Å². The molecule has 1 saturated carbocycles. The monoisotopic (exact) mass is 550 g/mol. The van der Waals surface area contributed by atoms with Crippen LogP contribution in [0, 0.1) is 5.92 Å². The van der Waals surface area contributed by atoms with E-state index in [0.29, 0.717) is 13.0 Å². The van der Waals surface area contributed by atoms with Gasteiger partial charge in [0.25, 0.3) is 0 Å². The zero-order valence-corrected chi connectivity index (χ0v) is 21.7. The van der Waals surface area contributed by atoms with Crippen LogP contribution in [-0.2, 0) is 19.0 Å². The van der Waals surface area contributed by atoms with Crippen LogP contribution < -0.4 is 33.6 Å². The Morgan fingerprint density at radius 2 is 1.79 bits per heavy atom. The lowest BCUT2D eigenvalue weighted by molar-refractivity contribution is -0.306. The van der Waals surface area contributed by atoms with Gasteiger partial charge in [0.1, 0.15) is 30.5 Å². The van der Waals surface area contributed by atoms with E-state index >= 15 is 0 Å². The summed E-state index contributed by atoms with van der Waals surface area (Å²) in [7, 11) is 0. The van der Waals surface area contributed by atoms with Crippen LogP contribution in [0.4, 0.5) is 0 Å². The lowest BCUT2D eigenvalue weighted by atomic mass is 9.72. The normalized spacial score (nSPS) is 44.9. The van der Waals surface area contributed by atoms with Crippen molar-refractivity contribution in [3.8, 4) is 0 Å². The number of carbonyl (C=O) groups is 1. The van der Waals surface area contributed by atoms with Gasteiger partial charge in [-0.2, -0.15) is 0 Å². The molecule has 15 heteroatoms. The molecule has 0 spiro atoms. The summed E-state index contributed by atoms with van der Waals surface area (Å²) in [5.41, 5.74) is 24.3. The van der Waals surface area contributed by atoms with Crippen molar-refractivity contribution in [1.82, 2.24) is 10.6 Å². The van der Waals surface area contributed by atoms with Gasteiger partial charge in [0.2, 0.25) is 5.91 Å². The molecule has 3 rings (SSSR count). The molecule has 3 fully saturated rings. The van der Waals surface area contributed by atoms with Crippen LogP contribution in [0.2, 0.25) is 0 Å². The third-order valence-corrected chi connectivity index (χ3v) is 7.83. The van der Waals surface area contributed by atoms with Crippen LogP contribution in [0.25, 0.3) is 0 Å². The average Bonchev–Trinajstić information content (AvgIpc) is 2.90. The first-order valence-corrected chi connectivity index (χ1v) is 13.3. The summed E-state index contributed by atoms with van der Waals surface area (Å²) in [4.78, 5) is 12.5. The molecule has 15 N–H and O–H groups in total. The molecule has 3 aliphatic rings. The fraction of sp³-hybridized carbons (Fsp3) is 0.957. The molecule has 38 heavy (non-hydrogen) atoms. The van der Waals surface area contributed by atoms with Gasteiger partial charge >= 0.3 is 0 Å². The Morgan fingerprint density at radius 1 is 1.08 bits per heavy atom. The Bertz CT molecular complexity index is 752. The first kappa shape index (κ1) is 31.5. The summed E-state index contributed by atoms with van der Waals surface area (Å²) in [6.45, 7) is 2.44. The minimum absolute atomic E-state index is 0.112. The predicted octanol–water partition coefficient (Wildman–Crippen LogP) is -5.87. The molecule has 0 radical (unpaired) electrons. The topological polar surface area (TPSA) is 274 Å². The highest BCUT2D eigenvalue weighted by Gasteiger charge is 2.53. The average molecular weight is 551 g/mol. The number of ether oxygens (including phenoxy) is 3. The largest absolute Gasteiger partial charge is 0.394 e. The number of hydrogen-bond donors (Lipinski definition) is 11. The fourth-order valence-corrected chi connectivity index (χ4v) is 5.58. The van der Waals surface area contributed by atoms with Crippen molar-refractivity contribution in [2.75, 3.05) is 26.2 Å². The first-order valence-electron chi connectivity index (χ1n) is 13.3. The van der Waals surface area contributed by atoms with Crippen molar-refractivity contribution < 1.29 is 44.5 Å². The molecule has 14 atom stereocenters. The van der Waals surface area contributed by atoms with Crippen molar-refractivity contribution in [2.45, 2.75) is 105 Å². The van der Waals surface area contributed by atoms with E-state index in [1.807, 2.05) is 6.92 Å². The molecule has 0 bridgehead atoms.